The maximum absolute atomic E-state index is 12.1. The summed E-state index contributed by atoms with van der Waals surface area (Å²) < 4.78 is 6.41. The first-order valence-corrected chi connectivity index (χ1v) is 6.40. The van der Waals surface area contributed by atoms with Gasteiger partial charge in [-0.05, 0) is 12.1 Å². The topological polar surface area (TPSA) is 125 Å². The Morgan fingerprint density at radius 3 is 2.57 bits per heavy atom. The molecule has 1 aliphatic rings. The van der Waals surface area contributed by atoms with Crippen molar-refractivity contribution in [3.05, 3.63) is 45.1 Å². The van der Waals surface area contributed by atoms with E-state index in [1.54, 1.807) is 18.2 Å². The van der Waals surface area contributed by atoms with Crippen molar-refractivity contribution in [3.8, 4) is 0 Å². The molecule has 4 atom stereocenters. The van der Waals surface area contributed by atoms with Crippen LogP contribution in [0.1, 0.15) is 6.23 Å². The fraction of sp³-hybridized carbons (Fsp3) is 0.385. The van der Waals surface area contributed by atoms with E-state index in [-0.39, 0.29) is 10.9 Å². The zero-order chi connectivity index (χ0) is 15.1. The molecule has 3 rings (SSSR count). The molecule has 0 saturated carbocycles. The van der Waals surface area contributed by atoms with Gasteiger partial charge in [-0.2, -0.15) is 0 Å². The number of ether oxygens (including phenoxy) is 1. The van der Waals surface area contributed by atoms with E-state index in [2.05, 4.69) is 4.98 Å². The van der Waals surface area contributed by atoms with Gasteiger partial charge in [0.15, 0.2) is 6.23 Å². The molecule has 8 heteroatoms. The second-order valence-electron chi connectivity index (χ2n) is 4.88. The van der Waals surface area contributed by atoms with Crippen LogP contribution >= 0.6 is 0 Å². The summed E-state index contributed by atoms with van der Waals surface area (Å²) in [5.74, 6) is 0. The van der Waals surface area contributed by atoms with Gasteiger partial charge in [-0.3, -0.25) is 14.3 Å². The fourth-order valence-electron chi connectivity index (χ4n) is 2.56. The lowest BCUT2D eigenvalue weighted by atomic mass is 10.1. The van der Waals surface area contributed by atoms with E-state index in [1.165, 1.54) is 6.07 Å². The third-order valence-corrected chi connectivity index (χ3v) is 3.62. The van der Waals surface area contributed by atoms with Gasteiger partial charge in [-0.15, -0.1) is 0 Å². The van der Waals surface area contributed by atoms with Crippen LogP contribution in [0.2, 0.25) is 0 Å². The van der Waals surface area contributed by atoms with Crippen LogP contribution in [-0.4, -0.2) is 49.8 Å². The molecule has 0 bridgehead atoms. The molecule has 0 radical (unpaired) electrons. The van der Waals surface area contributed by atoms with Gasteiger partial charge in [0.1, 0.15) is 18.3 Å². The zero-order valence-electron chi connectivity index (χ0n) is 10.8. The molecule has 21 heavy (non-hydrogen) atoms. The van der Waals surface area contributed by atoms with Crippen LogP contribution in [0.15, 0.2) is 33.9 Å². The average Bonchev–Trinajstić information content (AvgIpc) is 2.75. The molecule has 2 heterocycles. The van der Waals surface area contributed by atoms with E-state index >= 15 is 0 Å². The highest BCUT2D eigenvalue weighted by molar-refractivity contribution is 5.77. The second kappa shape index (κ2) is 5.08. The van der Waals surface area contributed by atoms with Gasteiger partial charge in [0.2, 0.25) is 0 Å². The molecule has 4 N–H and O–H groups in total. The van der Waals surface area contributed by atoms with E-state index in [0.717, 1.165) is 4.57 Å². The molecular weight excluding hydrogens is 280 g/mol. The van der Waals surface area contributed by atoms with Crippen LogP contribution in [-0.2, 0) is 4.74 Å². The monoisotopic (exact) mass is 294 g/mol. The van der Waals surface area contributed by atoms with E-state index in [0.29, 0.717) is 0 Å². The van der Waals surface area contributed by atoms with Crippen LogP contribution in [0.25, 0.3) is 10.9 Å². The Hall–Kier alpha value is -2.00. The number of aliphatic hydroxyl groups is 3. The van der Waals surface area contributed by atoms with Crippen LogP contribution < -0.4 is 11.2 Å². The molecule has 0 amide bonds. The van der Waals surface area contributed by atoms with Gasteiger partial charge >= 0.3 is 5.69 Å². The number of fused-ring (bicyclic) bond motifs is 1. The number of rotatable bonds is 2. The first kappa shape index (κ1) is 14.0. The number of aromatic nitrogens is 2. The Labute approximate surface area is 117 Å². The lowest BCUT2D eigenvalue weighted by Gasteiger charge is -2.19. The quantitative estimate of drug-likeness (QED) is 0.523. The smallest absolute Gasteiger partial charge is 0.331 e. The van der Waals surface area contributed by atoms with Crippen molar-refractivity contribution in [2.75, 3.05) is 6.61 Å². The number of hydrogen-bond acceptors (Lipinski definition) is 6. The summed E-state index contributed by atoms with van der Waals surface area (Å²) in [7, 11) is 0. The molecule has 1 fully saturated rings. The summed E-state index contributed by atoms with van der Waals surface area (Å²) in [6.07, 6.45) is -4.90. The highest BCUT2D eigenvalue weighted by Crippen LogP contribution is 2.29. The minimum atomic E-state index is -1.39. The Kier molecular flexibility index (Phi) is 3.38. The number of nitrogens with one attached hydrogen (secondary N) is 1. The standard InChI is InChI=1S/C13H14N2O6/c16-5-8-9(17)10(18)12(21-8)15-7-4-2-1-3-6(7)11(19)14-13(15)20/h1-4,8-10,12,16-18H,5H2,(H,14,19,20)/t8-,9+,10+,12-/m0/s1. The molecule has 0 aliphatic carbocycles. The summed E-state index contributed by atoms with van der Waals surface area (Å²) in [6, 6.07) is 6.36. The van der Waals surface area contributed by atoms with Crippen LogP contribution in [0, 0.1) is 0 Å². The maximum atomic E-state index is 12.1. The summed E-state index contributed by atoms with van der Waals surface area (Å²) in [4.78, 5) is 26.0. The third-order valence-electron chi connectivity index (χ3n) is 3.62. The van der Waals surface area contributed by atoms with E-state index in [4.69, 9.17) is 9.84 Å². The minimum Gasteiger partial charge on any atom is -0.394 e. The predicted octanol–water partition coefficient (Wildman–Crippen LogP) is -1.70. The van der Waals surface area contributed by atoms with Crippen molar-refractivity contribution in [1.82, 2.24) is 9.55 Å². The Bertz CT molecular complexity index is 782. The Morgan fingerprint density at radius 1 is 1.19 bits per heavy atom. The minimum absolute atomic E-state index is 0.259. The lowest BCUT2D eigenvalue weighted by Crippen LogP contribution is -2.38. The highest BCUT2D eigenvalue weighted by atomic mass is 16.6. The largest absolute Gasteiger partial charge is 0.394 e. The summed E-state index contributed by atoms with van der Waals surface area (Å²) >= 11 is 0. The van der Waals surface area contributed by atoms with Crippen molar-refractivity contribution >= 4 is 10.9 Å². The van der Waals surface area contributed by atoms with Crippen LogP contribution in [0.5, 0.6) is 0 Å². The van der Waals surface area contributed by atoms with Gasteiger partial charge in [-0.25, -0.2) is 4.79 Å². The third kappa shape index (κ3) is 2.09. The lowest BCUT2D eigenvalue weighted by molar-refractivity contribution is -0.0527. The summed E-state index contributed by atoms with van der Waals surface area (Å²) in [6.45, 7) is -0.495. The Balaban J connectivity index is 2.22. The number of aliphatic hydroxyl groups excluding tert-OH is 3. The number of aromatic amines is 1. The first-order chi connectivity index (χ1) is 10.0. The molecule has 2 aromatic rings. The molecule has 1 aliphatic heterocycles. The van der Waals surface area contributed by atoms with E-state index < -0.39 is 42.4 Å². The number of para-hydroxylation sites is 1. The number of H-pyrrole nitrogens is 1. The van der Waals surface area contributed by atoms with Crippen LogP contribution in [0.3, 0.4) is 0 Å². The van der Waals surface area contributed by atoms with Gasteiger partial charge in [0.25, 0.3) is 5.56 Å². The average molecular weight is 294 g/mol. The Morgan fingerprint density at radius 2 is 1.90 bits per heavy atom. The zero-order valence-corrected chi connectivity index (χ0v) is 10.8. The second-order valence-corrected chi connectivity index (χ2v) is 4.88. The summed E-state index contributed by atoms with van der Waals surface area (Å²) in [5, 5.41) is 29.2. The van der Waals surface area contributed by atoms with Crippen molar-refractivity contribution < 1.29 is 20.1 Å². The van der Waals surface area contributed by atoms with Crippen molar-refractivity contribution in [3.63, 3.8) is 0 Å². The summed E-state index contributed by atoms with van der Waals surface area (Å²) in [5.41, 5.74) is -1.02. The van der Waals surface area contributed by atoms with Gasteiger partial charge in [0.05, 0.1) is 17.5 Å². The molecule has 1 saturated heterocycles. The molecule has 1 aromatic carbocycles. The van der Waals surface area contributed by atoms with Crippen LogP contribution in [0.4, 0.5) is 0 Å². The van der Waals surface area contributed by atoms with Gasteiger partial charge in [-0.1, -0.05) is 12.1 Å². The number of benzene rings is 1. The van der Waals surface area contributed by atoms with E-state index in [1.807, 2.05) is 0 Å². The number of nitrogens with zero attached hydrogens (tertiary/aromatic N) is 1. The molecule has 112 valence electrons. The first-order valence-electron chi connectivity index (χ1n) is 6.40. The predicted molar refractivity (Wildman–Crippen MR) is 71.8 cm³/mol. The molecule has 0 spiro atoms. The SMILES string of the molecule is O=c1[nH]c(=O)n([C@H]2O[C@@H](CO)[C@@H](O)[C@H]2O)c2ccccc12. The maximum Gasteiger partial charge on any atom is 0.331 e. The highest BCUT2D eigenvalue weighted by Gasteiger charge is 2.44. The normalized spacial score (nSPS) is 29.1. The van der Waals surface area contributed by atoms with Crippen molar-refractivity contribution in [2.24, 2.45) is 0 Å². The fourth-order valence-corrected chi connectivity index (χ4v) is 2.56. The molecule has 1 aromatic heterocycles. The van der Waals surface area contributed by atoms with Gasteiger partial charge < -0.3 is 20.1 Å². The number of hydrogen-bond donors (Lipinski definition) is 4. The van der Waals surface area contributed by atoms with Gasteiger partial charge in [0, 0.05) is 0 Å². The molecule has 0 unspecified atom stereocenters. The molecule has 8 nitrogen and oxygen atoms in total. The van der Waals surface area contributed by atoms with Crippen molar-refractivity contribution in [2.45, 2.75) is 24.5 Å². The molecular formula is C13H14N2O6. The van der Waals surface area contributed by atoms with E-state index in [9.17, 15) is 19.8 Å². The van der Waals surface area contributed by atoms with Crippen molar-refractivity contribution in [1.29, 1.82) is 0 Å².